The standard InChI is InChI=1S/C26H26N6O/c1-2-8-32(7-1)9-10-33-22-11-20(14-28-17-22)18-3-4-19-16-29-31-26(23(19)12-18)25-13-21-15-27-6-5-24(21)30-25/h3-6,11-15,17,29-30H,1-2,7-10,16H2. The zero-order valence-corrected chi connectivity index (χ0v) is 18.4. The number of rotatable bonds is 6. The SMILES string of the molecule is c1cc2[nH]c(C3=NNCc4ccc(-c5cncc(OCCN6CCCC6)c5)cc43)cc2cn1. The van der Waals surface area contributed by atoms with Crippen molar-refractivity contribution in [3.05, 3.63) is 78.0 Å². The second-order valence-electron chi connectivity index (χ2n) is 8.62. The fraction of sp³-hybridized carbons (Fsp3) is 0.269. The van der Waals surface area contributed by atoms with Gasteiger partial charge in [-0.3, -0.25) is 14.9 Å². The van der Waals surface area contributed by atoms with E-state index in [1.165, 1.54) is 31.5 Å². The molecule has 5 heterocycles. The molecule has 0 aliphatic carbocycles. The summed E-state index contributed by atoms with van der Waals surface area (Å²) in [5.74, 6) is 0.808. The first-order chi connectivity index (χ1) is 16.3. The molecular weight excluding hydrogens is 412 g/mol. The number of nitrogens with one attached hydrogen (secondary N) is 2. The van der Waals surface area contributed by atoms with Crippen LogP contribution in [0, 0.1) is 0 Å². The van der Waals surface area contributed by atoms with Gasteiger partial charge in [0.1, 0.15) is 18.1 Å². The Kier molecular flexibility index (Phi) is 5.24. The third-order valence-corrected chi connectivity index (χ3v) is 6.42. The fourth-order valence-corrected chi connectivity index (χ4v) is 4.65. The van der Waals surface area contributed by atoms with Crippen LogP contribution in [0.2, 0.25) is 0 Å². The normalized spacial score (nSPS) is 15.8. The van der Waals surface area contributed by atoms with E-state index in [2.05, 4.69) is 60.7 Å². The van der Waals surface area contributed by atoms with Gasteiger partial charge in [-0.15, -0.1) is 0 Å². The Bertz CT molecular complexity index is 1290. The number of hydrogen-bond acceptors (Lipinski definition) is 6. The Morgan fingerprint density at radius 1 is 0.939 bits per heavy atom. The lowest BCUT2D eigenvalue weighted by molar-refractivity contribution is 0.237. The summed E-state index contributed by atoms with van der Waals surface area (Å²) >= 11 is 0. The van der Waals surface area contributed by atoms with Crippen molar-refractivity contribution in [2.75, 3.05) is 26.2 Å². The smallest absolute Gasteiger partial charge is 0.138 e. The molecule has 2 aliphatic heterocycles. The minimum Gasteiger partial charge on any atom is -0.491 e. The average Bonchev–Trinajstić information content (AvgIpc) is 3.53. The first kappa shape index (κ1) is 19.9. The van der Waals surface area contributed by atoms with Gasteiger partial charge >= 0.3 is 0 Å². The van der Waals surface area contributed by atoms with Crippen molar-refractivity contribution in [3.63, 3.8) is 0 Å². The zero-order chi connectivity index (χ0) is 22.0. The summed E-state index contributed by atoms with van der Waals surface area (Å²) in [7, 11) is 0. The van der Waals surface area contributed by atoms with Crippen LogP contribution in [0.3, 0.4) is 0 Å². The van der Waals surface area contributed by atoms with Gasteiger partial charge in [-0.25, -0.2) is 0 Å². The quantitative estimate of drug-likeness (QED) is 0.477. The molecule has 0 bridgehead atoms. The number of benzene rings is 1. The van der Waals surface area contributed by atoms with Crippen molar-refractivity contribution < 1.29 is 4.74 Å². The van der Waals surface area contributed by atoms with Gasteiger partial charge in [-0.05, 0) is 61.3 Å². The van der Waals surface area contributed by atoms with E-state index in [4.69, 9.17) is 4.74 Å². The molecule has 0 atom stereocenters. The fourth-order valence-electron chi connectivity index (χ4n) is 4.65. The van der Waals surface area contributed by atoms with E-state index in [0.29, 0.717) is 13.2 Å². The average molecular weight is 439 g/mol. The molecular formula is C26H26N6O. The Morgan fingerprint density at radius 3 is 2.79 bits per heavy atom. The van der Waals surface area contributed by atoms with Gasteiger partial charge in [-0.2, -0.15) is 5.10 Å². The summed E-state index contributed by atoms with van der Waals surface area (Å²) in [6.07, 6.45) is 9.94. The zero-order valence-electron chi connectivity index (χ0n) is 18.4. The van der Waals surface area contributed by atoms with E-state index in [1.807, 2.05) is 18.5 Å². The minimum atomic E-state index is 0.688. The lowest BCUT2D eigenvalue weighted by atomic mass is 9.95. The highest BCUT2D eigenvalue weighted by Crippen LogP contribution is 2.28. The van der Waals surface area contributed by atoms with E-state index in [1.54, 1.807) is 12.4 Å². The topological polar surface area (TPSA) is 78.4 Å². The summed E-state index contributed by atoms with van der Waals surface area (Å²) in [5.41, 5.74) is 10.6. The number of hydrazone groups is 1. The highest BCUT2D eigenvalue weighted by Gasteiger charge is 2.19. The molecule has 3 aromatic heterocycles. The summed E-state index contributed by atoms with van der Waals surface area (Å²) in [5, 5.41) is 5.71. The van der Waals surface area contributed by atoms with Crippen LogP contribution < -0.4 is 10.2 Å². The molecule has 1 aromatic carbocycles. The van der Waals surface area contributed by atoms with Gasteiger partial charge in [0.05, 0.1) is 18.4 Å². The van der Waals surface area contributed by atoms with Crippen LogP contribution in [-0.4, -0.2) is 51.8 Å². The number of likely N-dealkylation sites (tertiary alicyclic amines) is 1. The molecule has 0 radical (unpaired) electrons. The Balaban J connectivity index is 1.26. The Hall–Kier alpha value is -3.71. The van der Waals surface area contributed by atoms with Crippen LogP contribution in [0.1, 0.15) is 29.7 Å². The monoisotopic (exact) mass is 438 g/mol. The van der Waals surface area contributed by atoms with Crippen molar-refractivity contribution in [1.82, 2.24) is 25.3 Å². The molecule has 33 heavy (non-hydrogen) atoms. The van der Waals surface area contributed by atoms with Crippen molar-refractivity contribution in [2.45, 2.75) is 19.4 Å². The van der Waals surface area contributed by atoms with Crippen LogP contribution in [0.4, 0.5) is 0 Å². The van der Waals surface area contributed by atoms with Crippen LogP contribution in [0.15, 0.2) is 66.3 Å². The summed E-state index contributed by atoms with van der Waals surface area (Å²) < 4.78 is 6.02. The highest BCUT2D eigenvalue weighted by atomic mass is 16.5. The molecule has 1 fully saturated rings. The molecule has 0 spiro atoms. The molecule has 7 heteroatoms. The van der Waals surface area contributed by atoms with Crippen molar-refractivity contribution >= 4 is 16.6 Å². The number of hydrogen-bond donors (Lipinski definition) is 2. The first-order valence-corrected chi connectivity index (χ1v) is 11.5. The first-order valence-electron chi connectivity index (χ1n) is 11.5. The highest BCUT2D eigenvalue weighted by molar-refractivity contribution is 6.15. The van der Waals surface area contributed by atoms with E-state index in [-0.39, 0.29) is 0 Å². The summed E-state index contributed by atoms with van der Waals surface area (Å²) in [6, 6.07) is 12.7. The number of H-pyrrole nitrogens is 1. The second-order valence-corrected chi connectivity index (χ2v) is 8.62. The van der Waals surface area contributed by atoms with Gasteiger partial charge < -0.3 is 15.1 Å². The lowest BCUT2D eigenvalue weighted by Gasteiger charge is -2.18. The maximum Gasteiger partial charge on any atom is 0.138 e. The molecule has 0 unspecified atom stereocenters. The number of aromatic nitrogens is 3. The second kappa shape index (κ2) is 8.67. The molecule has 0 saturated carbocycles. The number of ether oxygens (including phenoxy) is 1. The van der Waals surface area contributed by atoms with Gasteiger partial charge in [-0.1, -0.05) is 12.1 Å². The lowest BCUT2D eigenvalue weighted by Crippen LogP contribution is -2.25. The van der Waals surface area contributed by atoms with Crippen LogP contribution >= 0.6 is 0 Å². The number of pyridine rings is 2. The van der Waals surface area contributed by atoms with E-state index < -0.39 is 0 Å². The third-order valence-electron chi connectivity index (χ3n) is 6.42. The molecule has 0 amide bonds. The van der Waals surface area contributed by atoms with E-state index in [9.17, 15) is 0 Å². The van der Waals surface area contributed by atoms with Gasteiger partial charge in [0.15, 0.2) is 0 Å². The summed E-state index contributed by atoms with van der Waals surface area (Å²) in [6.45, 7) is 4.73. The number of fused-ring (bicyclic) bond motifs is 2. The van der Waals surface area contributed by atoms with E-state index >= 15 is 0 Å². The molecule has 2 aliphatic rings. The van der Waals surface area contributed by atoms with Gasteiger partial charge in [0, 0.05) is 47.2 Å². The van der Waals surface area contributed by atoms with Crippen molar-refractivity contribution in [2.24, 2.45) is 5.10 Å². The van der Waals surface area contributed by atoms with Crippen LogP contribution in [0.5, 0.6) is 5.75 Å². The minimum absolute atomic E-state index is 0.688. The molecule has 166 valence electrons. The van der Waals surface area contributed by atoms with Gasteiger partial charge in [0.2, 0.25) is 0 Å². The van der Waals surface area contributed by atoms with Crippen LogP contribution in [-0.2, 0) is 6.54 Å². The number of aromatic amines is 1. The predicted molar refractivity (Wildman–Crippen MR) is 129 cm³/mol. The molecule has 1 saturated heterocycles. The molecule has 4 aromatic rings. The maximum atomic E-state index is 6.02. The van der Waals surface area contributed by atoms with Crippen LogP contribution in [0.25, 0.3) is 22.0 Å². The summed E-state index contributed by atoms with van der Waals surface area (Å²) in [4.78, 5) is 14.6. The van der Waals surface area contributed by atoms with Gasteiger partial charge in [0.25, 0.3) is 0 Å². The van der Waals surface area contributed by atoms with Crippen molar-refractivity contribution in [3.8, 4) is 16.9 Å². The van der Waals surface area contributed by atoms with Crippen molar-refractivity contribution in [1.29, 1.82) is 0 Å². The molecule has 6 rings (SSSR count). The third kappa shape index (κ3) is 4.07. The Labute approximate surface area is 192 Å². The largest absolute Gasteiger partial charge is 0.491 e. The Morgan fingerprint density at radius 2 is 1.88 bits per heavy atom. The molecule has 7 nitrogen and oxygen atoms in total. The predicted octanol–water partition coefficient (Wildman–Crippen LogP) is 3.96. The number of nitrogens with zero attached hydrogens (tertiary/aromatic N) is 4. The maximum absolute atomic E-state index is 6.02. The molecule has 2 N–H and O–H groups in total. The van der Waals surface area contributed by atoms with E-state index in [0.717, 1.165) is 51.3 Å².